The molecule has 0 saturated heterocycles. The van der Waals surface area contributed by atoms with Crippen molar-refractivity contribution in [2.75, 3.05) is 25.5 Å². The number of anilines is 1. The molecule has 0 saturated carbocycles. The molecule has 0 aliphatic heterocycles. The van der Waals surface area contributed by atoms with Crippen molar-refractivity contribution >= 4 is 28.6 Å². The molecule has 0 unspecified atom stereocenters. The number of rotatable bonds is 5. The number of amides is 2. The lowest BCUT2D eigenvalue weighted by atomic mass is 10.1. The van der Waals surface area contributed by atoms with Crippen LogP contribution in [0.5, 0.6) is 0 Å². The topological polar surface area (TPSA) is 106 Å². The summed E-state index contributed by atoms with van der Waals surface area (Å²) in [7, 11) is 1.77. The normalized spacial score (nSPS) is 10.1. The monoisotopic (exact) mass is 288 g/mol. The number of nitrogens with one attached hydrogen (secondary N) is 2. The number of hydrogen-bond acceptors (Lipinski definition) is 5. The molecule has 2 amide bonds. The van der Waals surface area contributed by atoms with E-state index in [1.165, 1.54) is 6.20 Å². The van der Waals surface area contributed by atoms with Crippen molar-refractivity contribution in [1.82, 2.24) is 10.3 Å². The molecule has 0 atom stereocenters. The zero-order valence-electron chi connectivity index (χ0n) is 11.6. The third-order valence-corrected chi connectivity index (χ3v) is 2.91. The van der Waals surface area contributed by atoms with E-state index < -0.39 is 6.09 Å². The molecule has 4 N–H and O–H groups in total. The van der Waals surface area contributed by atoms with Gasteiger partial charge in [-0.3, -0.25) is 4.79 Å². The van der Waals surface area contributed by atoms with Crippen LogP contribution in [0.3, 0.4) is 0 Å². The molecule has 21 heavy (non-hydrogen) atoms. The van der Waals surface area contributed by atoms with Gasteiger partial charge in [0.25, 0.3) is 5.91 Å². The Balaban J connectivity index is 2.18. The lowest BCUT2D eigenvalue weighted by Crippen LogP contribution is -2.29. The Bertz CT molecular complexity index is 672. The quantitative estimate of drug-likeness (QED) is 0.714. The summed E-state index contributed by atoms with van der Waals surface area (Å²) in [5.74, 6) is 0.425. The van der Waals surface area contributed by atoms with Gasteiger partial charge in [0.1, 0.15) is 12.4 Å². The molecule has 2 rings (SSSR count). The average molecular weight is 288 g/mol. The second kappa shape index (κ2) is 6.56. The second-order valence-corrected chi connectivity index (χ2v) is 4.24. The first-order valence-corrected chi connectivity index (χ1v) is 6.39. The van der Waals surface area contributed by atoms with E-state index >= 15 is 0 Å². The Kier molecular flexibility index (Phi) is 4.55. The van der Waals surface area contributed by atoms with Crippen molar-refractivity contribution in [2.45, 2.75) is 0 Å². The van der Waals surface area contributed by atoms with E-state index in [1.54, 1.807) is 7.05 Å². The van der Waals surface area contributed by atoms with Gasteiger partial charge < -0.3 is 21.1 Å². The van der Waals surface area contributed by atoms with Gasteiger partial charge in [0, 0.05) is 18.6 Å². The highest BCUT2D eigenvalue weighted by Crippen LogP contribution is 2.23. The van der Waals surface area contributed by atoms with Crippen molar-refractivity contribution in [3.63, 3.8) is 0 Å². The molecule has 0 aliphatic carbocycles. The molecule has 1 heterocycles. The number of aromatic nitrogens is 1. The third-order valence-electron chi connectivity index (χ3n) is 2.91. The van der Waals surface area contributed by atoms with Crippen LogP contribution < -0.4 is 16.4 Å². The first-order valence-electron chi connectivity index (χ1n) is 6.39. The molecule has 1 aromatic carbocycles. The van der Waals surface area contributed by atoms with Crippen LogP contribution in [0.25, 0.3) is 10.8 Å². The third kappa shape index (κ3) is 3.38. The maximum absolute atomic E-state index is 12.2. The van der Waals surface area contributed by atoms with Crippen LogP contribution in [0.2, 0.25) is 0 Å². The molecular formula is C14H16N4O3. The van der Waals surface area contributed by atoms with E-state index in [9.17, 15) is 9.59 Å². The number of primary amides is 1. The molecule has 1 aromatic heterocycles. The number of fused-ring (bicyclic) bond motifs is 1. The predicted octanol–water partition coefficient (Wildman–Crippen LogP) is 1.10. The van der Waals surface area contributed by atoms with Crippen molar-refractivity contribution < 1.29 is 14.3 Å². The second-order valence-electron chi connectivity index (χ2n) is 4.24. The number of hydrogen-bond donors (Lipinski definition) is 3. The minimum Gasteiger partial charge on any atom is -0.448 e. The van der Waals surface area contributed by atoms with Crippen LogP contribution >= 0.6 is 0 Å². The van der Waals surface area contributed by atoms with E-state index in [0.29, 0.717) is 11.4 Å². The van der Waals surface area contributed by atoms with Crippen molar-refractivity contribution in [3.05, 3.63) is 36.0 Å². The lowest BCUT2D eigenvalue weighted by Gasteiger charge is -2.10. The van der Waals surface area contributed by atoms with Gasteiger partial charge in [0.15, 0.2) is 0 Å². The van der Waals surface area contributed by atoms with Crippen molar-refractivity contribution in [1.29, 1.82) is 0 Å². The highest BCUT2D eigenvalue weighted by molar-refractivity contribution is 6.09. The van der Waals surface area contributed by atoms with E-state index in [-0.39, 0.29) is 19.1 Å². The largest absolute Gasteiger partial charge is 0.448 e. The smallest absolute Gasteiger partial charge is 0.404 e. The highest BCUT2D eigenvalue weighted by atomic mass is 16.5. The van der Waals surface area contributed by atoms with Crippen molar-refractivity contribution in [3.8, 4) is 0 Å². The number of carbonyl (C=O) groups is 2. The van der Waals surface area contributed by atoms with Gasteiger partial charge in [-0.2, -0.15) is 0 Å². The summed E-state index contributed by atoms with van der Waals surface area (Å²) >= 11 is 0. The molecule has 2 aromatic rings. The zero-order chi connectivity index (χ0) is 15.2. The fourth-order valence-corrected chi connectivity index (χ4v) is 1.98. The lowest BCUT2D eigenvalue weighted by molar-refractivity contribution is 0.0938. The van der Waals surface area contributed by atoms with Crippen LogP contribution in [0.1, 0.15) is 10.4 Å². The summed E-state index contributed by atoms with van der Waals surface area (Å²) in [6.45, 7) is 0.213. The zero-order valence-corrected chi connectivity index (χ0v) is 11.6. The summed E-state index contributed by atoms with van der Waals surface area (Å²) in [4.78, 5) is 26.8. The number of carbonyl (C=O) groups excluding carboxylic acids is 2. The van der Waals surface area contributed by atoms with Gasteiger partial charge in [-0.15, -0.1) is 0 Å². The SMILES string of the molecule is CNc1ncc(C(=O)NCCOC(N)=O)c2ccccc12. The molecule has 7 nitrogen and oxygen atoms in total. The Labute approximate surface area is 121 Å². The van der Waals surface area contributed by atoms with Gasteiger partial charge in [0.2, 0.25) is 0 Å². The molecule has 0 spiro atoms. The molecule has 0 aliphatic rings. The van der Waals surface area contributed by atoms with E-state index in [0.717, 1.165) is 10.8 Å². The maximum atomic E-state index is 12.2. The molecule has 0 fully saturated rings. The van der Waals surface area contributed by atoms with E-state index in [1.807, 2.05) is 24.3 Å². The minimum absolute atomic E-state index is 0.0288. The van der Waals surface area contributed by atoms with Crippen LogP contribution in [-0.2, 0) is 4.74 Å². The van der Waals surface area contributed by atoms with Crippen LogP contribution in [0.4, 0.5) is 10.6 Å². The van der Waals surface area contributed by atoms with Crippen LogP contribution in [0.15, 0.2) is 30.5 Å². The molecule has 0 bridgehead atoms. The van der Waals surface area contributed by atoms with Gasteiger partial charge in [-0.25, -0.2) is 9.78 Å². The Morgan fingerprint density at radius 3 is 2.67 bits per heavy atom. The van der Waals surface area contributed by atoms with Gasteiger partial charge in [-0.1, -0.05) is 24.3 Å². The summed E-state index contributed by atoms with van der Waals surface area (Å²) in [5.41, 5.74) is 5.30. The molecular weight excluding hydrogens is 272 g/mol. The molecule has 7 heteroatoms. The Morgan fingerprint density at radius 2 is 2.00 bits per heavy atom. The predicted molar refractivity (Wildman–Crippen MR) is 79.2 cm³/mol. The minimum atomic E-state index is -0.866. The standard InChI is InChI=1S/C14H16N4O3/c1-16-12-10-5-3-2-4-9(10)11(8-18-12)13(19)17-6-7-21-14(15)20/h2-5,8H,6-7H2,1H3,(H2,15,20)(H,16,18)(H,17,19). The average Bonchev–Trinajstić information content (AvgIpc) is 2.50. The summed E-state index contributed by atoms with van der Waals surface area (Å²) in [6, 6.07) is 7.48. The fraction of sp³-hybridized carbons (Fsp3) is 0.214. The fourth-order valence-electron chi connectivity index (χ4n) is 1.98. The number of nitrogens with two attached hydrogens (primary N) is 1. The number of ether oxygens (including phenoxy) is 1. The van der Waals surface area contributed by atoms with E-state index in [4.69, 9.17) is 5.73 Å². The van der Waals surface area contributed by atoms with E-state index in [2.05, 4.69) is 20.4 Å². The number of nitrogens with zero attached hydrogens (tertiary/aromatic N) is 1. The van der Waals surface area contributed by atoms with Crippen LogP contribution in [0, 0.1) is 0 Å². The number of benzene rings is 1. The summed E-state index contributed by atoms with van der Waals surface area (Å²) in [6.07, 6.45) is 0.646. The summed E-state index contributed by atoms with van der Waals surface area (Å²) < 4.78 is 4.55. The van der Waals surface area contributed by atoms with Crippen LogP contribution in [-0.4, -0.2) is 37.2 Å². The molecule has 0 radical (unpaired) electrons. The number of pyridine rings is 1. The Hall–Kier alpha value is -2.83. The van der Waals surface area contributed by atoms with Gasteiger partial charge in [-0.05, 0) is 5.39 Å². The first kappa shape index (κ1) is 14.6. The maximum Gasteiger partial charge on any atom is 0.404 e. The Morgan fingerprint density at radius 1 is 1.29 bits per heavy atom. The van der Waals surface area contributed by atoms with Gasteiger partial charge in [0.05, 0.1) is 12.1 Å². The van der Waals surface area contributed by atoms with Gasteiger partial charge >= 0.3 is 6.09 Å². The first-order chi connectivity index (χ1) is 10.1. The highest BCUT2D eigenvalue weighted by Gasteiger charge is 2.12. The molecule has 110 valence electrons. The summed E-state index contributed by atoms with van der Waals surface area (Å²) in [5, 5.41) is 7.30. The van der Waals surface area contributed by atoms with Crippen molar-refractivity contribution in [2.24, 2.45) is 5.73 Å².